The van der Waals surface area contributed by atoms with E-state index in [0.29, 0.717) is 5.56 Å². The van der Waals surface area contributed by atoms with Crippen LogP contribution >= 0.6 is 0 Å². The molecule has 0 aliphatic carbocycles. The summed E-state index contributed by atoms with van der Waals surface area (Å²) in [5, 5.41) is 4.71. The molecule has 0 radical (unpaired) electrons. The molecule has 2 heterocycles. The van der Waals surface area contributed by atoms with Crippen LogP contribution in [-0.2, 0) is 16.1 Å². The zero-order valence-electron chi connectivity index (χ0n) is 10.1. The Morgan fingerprint density at radius 1 is 1.15 bits per heavy atom. The SMILES string of the molecule is O=C1CNC(N2Cc3cc(F)c(F)cc3C2=O)C(=O)N1. The Morgan fingerprint density at radius 3 is 2.55 bits per heavy atom. The minimum atomic E-state index is -1.12. The van der Waals surface area contributed by atoms with Crippen LogP contribution in [0.5, 0.6) is 0 Å². The first-order valence-electron chi connectivity index (χ1n) is 5.83. The van der Waals surface area contributed by atoms with E-state index in [1.807, 2.05) is 0 Å². The standard InChI is InChI=1S/C12H9F2N3O3/c13-7-1-5-4-17(12(20)6(5)2-8(7)14)10-11(19)16-9(18)3-15-10/h1-2,10,15H,3-4H2,(H,16,18,19). The summed E-state index contributed by atoms with van der Waals surface area (Å²) in [5.74, 6) is -3.90. The number of amides is 3. The first kappa shape index (κ1) is 12.7. The normalized spacial score (nSPS) is 22.0. The number of hydrogen-bond acceptors (Lipinski definition) is 4. The number of nitrogens with one attached hydrogen (secondary N) is 2. The van der Waals surface area contributed by atoms with Crippen molar-refractivity contribution in [3.05, 3.63) is 34.9 Å². The number of carbonyl (C=O) groups is 3. The molecule has 2 N–H and O–H groups in total. The first-order chi connectivity index (χ1) is 9.47. The van der Waals surface area contributed by atoms with Gasteiger partial charge in [-0.25, -0.2) is 8.78 Å². The van der Waals surface area contributed by atoms with Crippen LogP contribution in [0, 0.1) is 11.6 Å². The van der Waals surface area contributed by atoms with Gasteiger partial charge in [0.25, 0.3) is 11.8 Å². The smallest absolute Gasteiger partial charge is 0.264 e. The molecular formula is C12H9F2N3O3. The largest absolute Gasteiger partial charge is 0.310 e. The maximum Gasteiger partial charge on any atom is 0.264 e. The Balaban J connectivity index is 1.90. The molecule has 0 aromatic heterocycles. The monoisotopic (exact) mass is 281 g/mol. The van der Waals surface area contributed by atoms with Gasteiger partial charge < -0.3 is 4.90 Å². The maximum absolute atomic E-state index is 13.2. The predicted molar refractivity (Wildman–Crippen MR) is 61.2 cm³/mol. The summed E-state index contributed by atoms with van der Waals surface area (Å²) in [6.07, 6.45) is -1.03. The summed E-state index contributed by atoms with van der Waals surface area (Å²) in [7, 11) is 0. The number of halogens is 2. The fraction of sp³-hybridized carbons (Fsp3) is 0.250. The van der Waals surface area contributed by atoms with Crippen LogP contribution in [0.4, 0.5) is 8.78 Å². The van der Waals surface area contributed by atoms with E-state index < -0.39 is 35.5 Å². The molecule has 1 saturated heterocycles. The lowest BCUT2D eigenvalue weighted by molar-refractivity contribution is -0.137. The lowest BCUT2D eigenvalue weighted by Gasteiger charge is -2.30. The summed E-state index contributed by atoms with van der Waals surface area (Å²) in [6.45, 7) is -0.135. The number of rotatable bonds is 1. The maximum atomic E-state index is 13.2. The van der Waals surface area contributed by atoms with Crippen molar-refractivity contribution in [2.75, 3.05) is 6.54 Å². The number of piperazine rings is 1. The number of benzene rings is 1. The van der Waals surface area contributed by atoms with Gasteiger partial charge in [0.1, 0.15) is 0 Å². The molecule has 104 valence electrons. The second kappa shape index (κ2) is 4.34. The molecule has 3 rings (SSSR count). The minimum Gasteiger partial charge on any atom is -0.310 e. The minimum absolute atomic E-state index is 0.0232. The zero-order valence-corrected chi connectivity index (χ0v) is 10.1. The van der Waals surface area contributed by atoms with Crippen molar-refractivity contribution in [3.8, 4) is 0 Å². The summed E-state index contributed by atoms with van der Waals surface area (Å²) < 4.78 is 26.3. The zero-order chi connectivity index (χ0) is 14.4. The quantitative estimate of drug-likeness (QED) is 0.680. The lowest BCUT2D eigenvalue weighted by atomic mass is 10.1. The van der Waals surface area contributed by atoms with E-state index in [4.69, 9.17) is 0 Å². The molecule has 1 aromatic rings. The van der Waals surface area contributed by atoms with Crippen molar-refractivity contribution in [1.82, 2.24) is 15.5 Å². The van der Waals surface area contributed by atoms with Gasteiger partial charge in [0.15, 0.2) is 17.8 Å². The van der Waals surface area contributed by atoms with Crippen LogP contribution in [0.2, 0.25) is 0 Å². The van der Waals surface area contributed by atoms with Crippen molar-refractivity contribution in [3.63, 3.8) is 0 Å². The van der Waals surface area contributed by atoms with E-state index >= 15 is 0 Å². The fourth-order valence-electron chi connectivity index (χ4n) is 2.32. The average Bonchev–Trinajstić information content (AvgIpc) is 2.68. The highest BCUT2D eigenvalue weighted by Crippen LogP contribution is 2.26. The van der Waals surface area contributed by atoms with Gasteiger partial charge in [0.2, 0.25) is 5.91 Å². The van der Waals surface area contributed by atoms with E-state index in [0.717, 1.165) is 17.0 Å². The van der Waals surface area contributed by atoms with Gasteiger partial charge in [-0.3, -0.25) is 25.0 Å². The van der Waals surface area contributed by atoms with Crippen LogP contribution in [-0.4, -0.2) is 35.3 Å². The van der Waals surface area contributed by atoms with Crippen molar-refractivity contribution in [2.45, 2.75) is 12.7 Å². The number of imide groups is 1. The van der Waals surface area contributed by atoms with E-state index in [2.05, 4.69) is 10.6 Å². The highest BCUT2D eigenvalue weighted by molar-refractivity contribution is 6.05. The van der Waals surface area contributed by atoms with E-state index in [9.17, 15) is 23.2 Å². The second-order valence-corrected chi connectivity index (χ2v) is 4.55. The Bertz CT molecular complexity index is 647. The number of carbonyl (C=O) groups excluding carboxylic acids is 3. The van der Waals surface area contributed by atoms with Crippen LogP contribution in [0.15, 0.2) is 12.1 Å². The Labute approximate surface area is 111 Å². The van der Waals surface area contributed by atoms with Crippen LogP contribution < -0.4 is 10.6 Å². The molecule has 2 aliphatic heterocycles. The average molecular weight is 281 g/mol. The molecule has 0 bridgehead atoms. The van der Waals surface area contributed by atoms with Gasteiger partial charge in [-0.15, -0.1) is 0 Å². The van der Waals surface area contributed by atoms with E-state index in [1.54, 1.807) is 0 Å². The number of nitrogens with zero attached hydrogens (tertiary/aromatic N) is 1. The van der Waals surface area contributed by atoms with Gasteiger partial charge in [0, 0.05) is 12.1 Å². The van der Waals surface area contributed by atoms with Gasteiger partial charge >= 0.3 is 0 Å². The third-order valence-corrected chi connectivity index (χ3v) is 3.26. The Morgan fingerprint density at radius 2 is 1.85 bits per heavy atom. The molecule has 20 heavy (non-hydrogen) atoms. The molecule has 1 unspecified atom stereocenters. The van der Waals surface area contributed by atoms with Crippen molar-refractivity contribution >= 4 is 17.7 Å². The summed E-state index contributed by atoms with van der Waals surface area (Å²) in [6, 6.07) is 1.76. The van der Waals surface area contributed by atoms with Gasteiger partial charge in [-0.2, -0.15) is 0 Å². The van der Waals surface area contributed by atoms with Crippen molar-refractivity contribution in [1.29, 1.82) is 0 Å². The summed E-state index contributed by atoms with van der Waals surface area (Å²) >= 11 is 0. The molecule has 0 spiro atoms. The second-order valence-electron chi connectivity index (χ2n) is 4.55. The lowest BCUT2D eigenvalue weighted by Crippen LogP contribution is -2.62. The molecule has 2 aliphatic rings. The first-order valence-corrected chi connectivity index (χ1v) is 5.83. The molecule has 1 fully saturated rings. The number of fused-ring (bicyclic) bond motifs is 1. The predicted octanol–water partition coefficient (Wildman–Crippen LogP) is -0.507. The van der Waals surface area contributed by atoms with E-state index in [1.165, 1.54) is 0 Å². The van der Waals surface area contributed by atoms with Gasteiger partial charge in [-0.05, 0) is 17.7 Å². The number of hydrogen-bond donors (Lipinski definition) is 2. The molecule has 8 heteroatoms. The highest BCUT2D eigenvalue weighted by atomic mass is 19.2. The van der Waals surface area contributed by atoms with Crippen LogP contribution in [0.25, 0.3) is 0 Å². The molecule has 1 atom stereocenters. The van der Waals surface area contributed by atoms with Gasteiger partial charge in [-0.1, -0.05) is 0 Å². The van der Waals surface area contributed by atoms with Crippen molar-refractivity contribution < 1.29 is 23.2 Å². The highest BCUT2D eigenvalue weighted by Gasteiger charge is 2.39. The molecule has 0 saturated carbocycles. The van der Waals surface area contributed by atoms with Crippen LogP contribution in [0.3, 0.4) is 0 Å². The molecular weight excluding hydrogens is 272 g/mol. The molecule has 1 aromatic carbocycles. The molecule has 6 nitrogen and oxygen atoms in total. The Kier molecular flexibility index (Phi) is 2.75. The van der Waals surface area contributed by atoms with Crippen molar-refractivity contribution in [2.24, 2.45) is 0 Å². The Hall–Kier alpha value is -2.35. The fourth-order valence-corrected chi connectivity index (χ4v) is 2.32. The van der Waals surface area contributed by atoms with Crippen LogP contribution in [0.1, 0.15) is 15.9 Å². The summed E-state index contributed by atoms with van der Waals surface area (Å²) in [4.78, 5) is 36.0. The third kappa shape index (κ3) is 1.85. The van der Waals surface area contributed by atoms with Gasteiger partial charge in [0.05, 0.1) is 6.54 Å². The topological polar surface area (TPSA) is 78.5 Å². The molecule has 3 amide bonds. The summed E-state index contributed by atoms with van der Waals surface area (Å²) in [5.41, 5.74) is 0.329. The van der Waals surface area contributed by atoms with E-state index in [-0.39, 0.29) is 18.7 Å². The third-order valence-electron chi connectivity index (χ3n) is 3.26.